The minimum Gasteiger partial charge on any atom is -0.464 e. The fraction of sp³-hybridized carbons (Fsp3) is 0.357. The molecule has 1 heterocycles. The molecule has 1 amide bonds. The minimum atomic E-state index is -1.36. The third kappa shape index (κ3) is 3.38. The van der Waals surface area contributed by atoms with Gasteiger partial charge in [-0.05, 0) is 25.1 Å². The third-order valence-corrected chi connectivity index (χ3v) is 2.82. The molecule has 0 saturated carbocycles. The molecular weight excluding hydrogens is 274 g/mol. The van der Waals surface area contributed by atoms with Crippen LogP contribution in [0.2, 0.25) is 0 Å². The number of carbonyl (C=O) groups is 2. The first kappa shape index (κ1) is 15.0. The number of amides is 1. The predicted octanol–water partition coefficient (Wildman–Crippen LogP) is 1.22. The zero-order chi connectivity index (χ0) is 15.4. The van der Waals surface area contributed by atoms with Crippen LogP contribution in [0.25, 0.3) is 11.1 Å². The Labute approximate surface area is 121 Å². The number of ether oxygens (including phenoxy) is 1. The molecule has 0 aliphatic heterocycles. The molecule has 0 aliphatic rings. The summed E-state index contributed by atoms with van der Waals surface area (Å²) in [5, 5.41) is 2.55. The van der Waals surface area contributed by atoms with Crippen molar-refractivity contribution in [2.24, 2.45) is 5.73 Å². The fourth-order valence-corrected chi connectivity index (χ4v) is 1.76. The predicted molar refractivity (Wildman–Crippen MR) is 76.6 cm³/mol. The Morgan fingerprint density at radius 3 is 2.86 bits per heavy atom. The number of nitrogens with two attached hydrogens (primary N) is 1. The number of oxazole rings is 1. The number of anilines is 1. The Morgan fingerprint density at radius 2 is 2.19 bits per heavy atom. The van der Waals surface area contributed by atoms with Crippen molar-refractivity contribution in [3.8, 4) is 0 Å². The van der Waals surface area contributed by atoms with Crippen LogP contribution >= 0.6 is 0 Å². The Bertz CT molecular complexity index is 665. The fourth-order valence-electron chi connectivity index (χ4n) is 1.76. The summed E-state index contributed by atoms with van der Waals surface area (Å²) in [7, 11) is 0. The molecule has 7 nitrogen and oxygen atoms in total. The lowest BCUT2D eigenvalue weighted by molar-refractivity contribution is -0.146. The molecule has 0 spiro atoms. The summed E-state index contributed by atoms with van der Waals surface area (Å²) in [6, 6.07) is 3.66. The van der Waals surface area contributed by atoms with Crippen LogP contribution in [0, 0.1) is 0 Å². The standard InChI is InChI=1S/C14H17N3O4/c1-3-11-17-9-7-8(5-6-10(9)21-11)16-13(18)12(15)14(19)20-4-2/h5-7,12H,3-4,15H2,1-2H3,(H,16,18). The normalized spacial score (nSPS) is 12.1. The SMILES string of the molecule is CCOC(=O)C(N)C(=O)Nc1ccc2oc(CC)nc2c1. The van der Waals surface area contributed by atoms with Gasteiger partial charge in [-0.2, -0.15) is 0 Å². The van der Waals surface area contributed by atoms with Gasteiger partial charge in [-0.25, -0.2) is 9.78 Å². The molecule has 1 aromatic carbocycles. The highest BCUT2D eigenvalue weighted by molar-refractivity contribution is 6.08. The maximum Gasteiger partial charge on any atom is 0.332 e. The van der Waals surface area contributed by atoms with Gasteiger partial charge in [0.05, 0.1) is 6.61 Å². The van der Waals surface area contributed by atoms with E-state index in [1.165, 1.54) is 0 Å². The molecule has 7 heteroatoms. The molecule has 0 radical (unpaired) electrons. The van der Waals surface area contributed by atoms with Crippen molar-refractivity contribution in [3.05, 3.63) is 24.1 Å². The van der Waals surface area contributed by atoms with Crippen LogP contribution in [-0.2, 0) is 20.7 Å². The molecule has 2 aromatic rings. The number of hydrogen-bond donors (Lipinski definition) is 2. The number of rotatable bonds is 5. The number of nitrogens with one attached hydrogen (secondary N) is 1. The van der Waals surface area contributed by atoms with Crippen molar-refractivity contribution < 1.29 is 18.7 Å². The molecule has 3 N–H and O–H groups in total. The molecule has 0 fully saturated rings. The van der Waals surface area contributed by atoms with Gasteiger partial charge in [0, 0.05) is 12.1 Å². The van der Waals surface area contributed by atoms with E-state index in [9.17, 15) is 9.59 Å². The molecule has 1 unspecified atom stereocenters. The van der Waals surface area contributed by atoms with E-state index in [0.717, 1.165) is 0 Å². The van der Waals surface area contributed by atoms with Gasteiger partial charge in [0.25, 0.3) is 5.91 Å². The zero-order valence-electron chi connectivity index (χ0n) is 11.9. The third-order valence-electron chi connectivity index (χ3n) is 2.82. The molecule has 0 aliphatic carbocycles. The Morgan fingerprint density at radius 1 is 1.43 bits per heavy atom. The highest BCUT2D eigenvalue weighted by atomic mass is 16.5. The van der Waals surface area contributed by atoms with E-state index in [0.29, 0.717) is 29.1 Å². The number of carbonyl (C=O) groups excluding carboxylic acids is 2. The van der Waals surface area contributed by atoms with Crippen molar-refractivity contribution in [1.29, 1.82) is 0 Å². The van der Waals surface area contributed by atoms with E-state index in [1.807, 2.05) is 6.92 Å². The van der Waals surface area contributed by atoms with Crippen molar-refractivity contribution >= 4 is 28.7 Å². The van der Waals surface area contributed by atoms with E-state index in [-0.39, 0.29) is 6.61 Å². The average Bonchev–Trinajstić information content (AvgIpc) is 2.88. The summed E-state index contributed by atoms with van der Waals surface area (Å²) < 4.78 is 10.2. The van der Waals surface area contributed by atoms with Gasteiger partial charge in [-0.1, -0.05) is 6.92 Å². The highest BCUT2D eigenvalue weighted by Gasteiger charge is 2.23. The van der Waals surface area contributed by atoms with Gasteiger partial charge < -0.3 is 20.2 Å². The van der Waals surface area contributed by atoms with Crippen LogP contribution in [0.5, 0.6) is 0 Å². The first-order valence-corrected chi connectivity index (χ1v) is 6.67. The smallest absolute Gasteiger partial charge is 0.332 e. The Balaban J connectivity index is 2.11. The average molecular weight is 291 g/mol. The van der Waals surface area contributed by atoms with Crippen molar-refractivity contribution in [1.82, 2.24) is 4.98 Å². The molecule has 0 bridgehead atoms. The van der Waals surface area contributed by atoms with Crippen LogP contribution in [0.4, 0.5) is 5.69 Å². The van der Waals surface area contributed by atoms with E-state index < -0.39 is 17.9 Å². The first-order valence-electron chi connectivity index (χ1n) is 6.67. The number of aryl methyl sites for hydroxylation is 1. The monoisotopic (exact) mass is 291 g/mol. The van der Waals surface area contributed by atoms with Crippen LogP contribution in [-0.4, -0.2) is 29.5 Å². The molecule has 0 saturated heterocycles. The number of nitrogens with zero attached hydrogens (tertiary/aromatic N) is 1. The van der Waals surface area contributed by atoms with Crippen LogP contribution in [0.15, 0.2) is 22.6 Å². The maximum atomic E-state index is 11.8. The Kier molecular flexibility index (Phi) is 4.54. The van der Waals surface area contributed by atoms with E-state index in [1.54, 1.807) is 25.1 Å². The van der Waals surface area contributed by atoms with Crippen LogP contribution < -0.4 is 11.1 Å². The molecular formula is C14H17N3O4. The molecule has 2 rings (SSSR count). The van der Waals surface area contributed by atoms with Gasteiger partial charge in [0.15, 0.2) is 17.5 Å². The topological polar surface area (TPSA) is 107 Å². The lowest BCUT2D eigenvalue weighted by Crippen LogP contribution is -2.43. The Hall–Kier alpha value is -2.41. The molecule has 1 atom stereocenters. The van der Waals surface area contributed by atoms with Gasteiger partial charge >= 0.3 is 5.97 Å². The number of aromatic nitrogens is 1. The van der Waals surface area contributed by atoms with Crippen LogP contribution in [0.3, 0.4) is 0 Å². The van der Waals surface area contributed by atoms with E-state index >= 15 is 0 Å². The lowest BCUT2D eigenvalue weighted by atomic mass is 10.2. The number of fused-ring (bicyclic) bond motifs is 1. The summed E-state index contributed by atoms with van der Waals surface area (Å²) in [4.78, 5) is 27.5. The lowest BCUT2D eigenvalue weighted by Gasteiger charge is -2.10. The first-order chi connectivity index (χ1) is 10.0. The second kappa shape index (κ2) is 6.36. The number of benzene rings is 1. The second-order valence-electron chi connectivity index (χ2n) is 4.36. The maximum absolute atomic E-state index is 11.8. The van der Waals surface area contributed by atoms with E-state index in [2.05, 4.69) is 10.3 Å². The number of esters is 1. The van der Waals surface area contributed by atoms with Gasteiger partial charge in [-0.15, -0.1) is 0 Å². The zero-order valence-corrected chi connectivity index (χ0v) is 11.9. The summed E-state index contributed by atoms with van der Waals surface area (Å²) in [5.41, 5.74) is 7.27. The summed E-state index contributed by atoms with van der Waals surface area (Å²) in [5.74, 6) is -0.769. The van der Waals surface area contributed by atoms with Crippen molar-refractivity contribution in [3.63, 3.8) is 0 Å². The molecule has 112 valence electrons. The largest absolute Gasteiger partial charge is 0.464 e. The second-order valence-corrected chi connectivity index (χ2v) is 4.36. The van der Waals surface area contributed by atoms with Crippen LogP contribution in [0.1, 0.15) is 19.7 Å². The summed E-state index contributed by atoms with van der Waals surface area (Å²) in [6.45, 7) is 3.75. The van der Waals surface area contributed by atoms with Gasteiger partial charge in [-0.3, -0.25) is 4.79 Å². The summed E-state index contributed by atoms with van der Waals surface area (Å²) in [6.07, 6.45) is 0.685. The minimum absolute atomic E-state index is 0.171. The quantitative estimate of drug-likeness (QED) is 0.633. The molecule has 1 aromatic heterocycles. The van der Waals surface area contributed by atoms with Gasteiger partial charge in [0.2, 0.25) is 0 Å². The highest BCUT2D eigenvalue weighted by Crippen LogP contribution is 2.20. The number of hydrogen-bond acceptors (Lipinski definition) is 6. The van der Waals surface area contributed by atoms with Crippen molar-refractivity contribution in [2.75, 3.05) is 11.9 Å². The van der Waals surface area contributed by atoms with E-state index in [4.69, 9.17) is 14.9 Å². The molecule has 21 heavy (non-hydrogen) atoms. The van der Waals surface area contributed by atoms with Crippen molar-refractivity contribution in [2.45, 2.75) is 26.3 Å². The van der Waals surface area contributed by atoms with Gasteiger partial charge in [0.1, 0.15) is 5.52 Å². The summed E-state index contributed by atoms with van der Waals surface area (Å²) >= 11 is 0.